The Morgan fingerprint density at radius 2 is 2.07 bits per heavy atom. The van der Waals surface area contributed by atoms with E-state index in [4.69, 9.17) is 15.5 Å². The zero-order valence-corrected chi connectivity index (χ0v) is 16.2. The second kappa shape index (κ2) is 8.27. The number of methoxy groups -OCH3 is 1. The van der Waals surface area contributed by atoms with Gasteiger partial charge in [0.05, 0.1) is 12.3 Å². The summed E-state index contributed by atoms with van der Waals surface area (Å²) >= 11 is 0. The van der Waals surface area contributed by atoms with Crippen LogP contribution < -0.4 is 5.90 Å². The molecule has 9 heteroatoms. The number of ether oxygens (including phenoxy) is 1. The highest BCUT2D eigenvalue weighted by Crippen LogP contribution is 2.25. The molecule has 2 aromatic carbocycles. The van der Waals surface area contributed by atoms with Crippen LogP contribution in [0.2, 0.25) is 0 Å². The summed E-state index contributed by atoms with van der Waals surface area (Å²) in [6, 6.07) is 13.9. The molecule has 2 heterocycles. The molecule has 0 amide bonds. The lowest BCUT2D eigenvalue weighted by molar-refractivity contribution is 0.178. The number of benzene rings is 2. The fourth-order valence-corrected chi connectivity index (χ4v) is 3.21. The molecule has 0 aliphatic heterocycles. The van der Waals surface area contributed by atoms with Crippen molar-refractivity contribution < 1.29 is 14.0 Å². The van der Waals surface area contributed by atoms with E-state index in [2.05, 4.69) is 26.9 Å². The number of halogens is 1. The van der Waals surface area contributed by atoms with Crippen LogP contribution in [0.4, 0.5) is 4.39 Å². The largest absolute Gasteiger partial charge is 0.389 e. The molecule has 0 bridgehead atoms. The van der Waals surface area contributed by atoms with Gasteiger partial charge in [-0.2, -0.15) is 5.90 Å². The molecular weight excluding hydrogens is 387 g/mol. The number of nitrogens with zero attached hydrogens (tertiary/aromatic N) is 4. The standard InChI is InChI=1S/C21H19FN6O2/c1-13(14-6-5-8-17-15(14)10-11-24-17)25-21(30-23)20-19(12-29-2)28(27-26-20)18-9-4-3-7-16(18)22/h3-11,24H,1,12,23H2,2H3. The summed E-state index contributed by atoms with van der Waals surface area (Å²) in [5, 5.41) is 9.11. The van der Waals surface area contributed by atoms with Crippen molar-refractivity contribution in [2.45, 2.75) is 6.61 Å². The minimum Gasteiger partial charge on any atom is -0.389 e. The highest BCUT2D eigenvalue weighted by Gasteiger charge is 2.22. The highest BCUT2D eigenvalue weighted by molar-refractivity contribution is 5.99. The molecule has 0 radical (unpaired) electrons. The van der Waals surface area contributed by atoms with Crippen molar-refractivity contribution in [1.29, 1.82) is 0 Å². The van der Waals surface area contributed by atoms with Crippen molar-refractivity contribution in [3.8, 4) is 5.69 Å². The summed E-state index contributed by atoms with van der Waals surface area (Å²) < 4.78 is 20.9. The van der Waals surface area contributed by atoms with E-state index in [0.29, 0.717) is 11.4 Å². The van der Waals surface area contributed by atoms with E-state index in [9.17, 15) is 4.39 Å². The van der Waals surface area contributed by atoms with Gasteiger partial charge in [-0.3, -0.25) is 0 Å². The lowest BCUT2D eigenvalue weighted by Crippen LogP contribution is -2.16. The molecule has 152 valence electrons. The molecule has 0 aliphatic rings. The van der Waals surface area contributed by atoms with Gasteiger partial charge in [-0.25, -0.2) is 14.1 Å². The number of hydrogen-bond donors (Lipinski definition) is 2. The normalized spacial score (nSPS) is 11.8. The van der Waals surface area contributed by atoms with Crippen LogP contribution in [0.1, 0.15) is 17.0 Å². The van der Waals surface area contributed by atoms with Crippen LogP contribution in [0.25, 0.3) is 22.3 Å². The molecule has 3 N–H and O–H groups in total. The van der Waals surface area contributed by atoms with Crippen LogP contribution >= 0.6 is 0 Å². The summed E-state index contributed by atoms with van der Waals surface area (Å²) in [6.45, 7) is 4.12. The third-order valence-electron chi connectivity index (χ3n) is 4.58. The van der Waals surface area contributed by atoms with Gasteiger partial charge in [-0.15, -0.1) is 5.10 Å². The van der Waals surface area contributed by atoms with Gasteiger partial charge < -0.3 is 14.6 Å². The van der Waals surface area contributed by atoms with E-state index in [-0.39, 0.29) is 23.9 Å². The van der Waals surface area contributed by atoms with Crippen LogP contribution in [-0.4, -0.2) is 33.0 Å². The molecule has 4 aromatic rings. The molecule has 30 heavy (non-hydrogen) atoms. The first-order valence-corrected chi connectivity index (χ1v) is 9.03. The van der Waals surface area contributed by atoms with Crippen molar-refractivity contribution >= 4 is 22.5 Å². The van der Waals surface area contributed by atoms with E-state index in [1.807, 2.05) is 30.5 Å². The number of aliphatic imine (C=N–C) groups is 1. The Labute approximate surface area is 171 Å². The lowest BCUT2D eigenvalue weighted by atomic mass is 10.1. The van der Waals surface area contributed by atoms with Gasteiger partial charge in [0, 0.05) is 29.8 Å². The van der Waals surface area contributed by atoms with E-state index in [1.54, 1.807) is 18.2 Å². The molecular formula is C21H19FN6O2. The zero-order valence-electron chi connectivity index (χ0n) is 16.2. The molecule has 0 aliphatic carbocycles. The molecule has 2 aromatic heterocycles. The van der Waals surface area contributed by atoms with Crippen LogP contribution in [0.15, 0.2) is 66.3 Å². The Bertz CT molecular complexity index is 1240. The van der Waals surface area contributed by atoms with Crippen molar-refractivity contribution in [3.63, 3.8) is 0 Å². The second-order valence-electron chi connectivity index (χ2n) is 6.41. The van der Waals surface area contributed by atoms with E-state index in [1.165, 1.54) is 17.9 Å². The first-order valence-electron chi connectivity index (χ1n) is 9.03. The fourth-order valence-electron chi connectivity index (χ4n) is 3.21. The van der Waals surface area contributed by atoms with Crippen LogP contribution in [-0.2, 0) is 16.2 Å². The Kier molecular flexibility index (Phi) is 5.38. The van der Waals surface area contributed by atoms with Gasteiger partial charge in [0.25, 0.3) is 5.90 Å². The second-order valence-corrected chi connectivity index (χ2v) is 6.41. The van der Waals surface area contributed by atoms with Gasteiger partial charge in [0.15, 0.2) is 5.69 Å². The predicted octanol–water partition coefficient (Wildman–Crippen LogP) is 3.34. The van der Waals surface area contributed by atoms with Crippen LogP contribution in [0.5, 0.6) is 0 Å². The molecule has 0 spiro atoms. The minimum absolute atomic E-state index is 0.0119. The quantitative estimate of drug-likeness (QED) is 0.290. The summed E-state index contributed by atoms with van der Waals surface area (Å²) in [6.07, 6.45) is 1.84. The number of aromatic nitrogens is 4. The van der Waals surface area contributed by atoms with E-state index < -0.39 is 5.82 Å². The average molecular weight is 406 g/mol. The van der Waals surface area contributed by atoms with Crippen molar-refractivity contribution in [2.24, 2.45) is 10.9 Å². The monoisotopic (exact) mass is 406 g/mol. The fraction of sp³-hybridized carbons (Fsp3) is 0.0952. The highest BCUT2D eigenvalue weighted by atomic mass is 19.1. The molecule has 4 rings (SSSR count). The lowest BCUT2D eigenvalue weighted by Gasteiger charge is -2.09. The maximum Gasteiger partial charge on any atom is 0.267 e. The number of H-pyrrole nitrogens is 1. The first-order chi connectivity index (χ1) is 14.6. The van der Waals surface area contributed by atoms with Gasteiger partial charge >= 0.3 is 0 Å². The Hall–Kier alpha value is -3.82. The number of aromatic amines is 1. The van der Waals surface area contributed by atoms with Gasteiger partial charge in [0.2, 0.25) is 0 Å². The average Bonchev–Trinajstić information content (AvgIpc) is 3.39. The third-order valence-corrected chi connectivity index (χ3v) is 4.58. The summed E-state index contributed by atoms with van der Waals surface area (Å²) in [7, 11) is 1.51. The molecule has 0 atom stereocenters. The number of fused-ring (bicyclic) bond motifs is 1. The van der Waals surface area contributed by atoms with Crippen LogP contribution in [0.3, 0.4) is 0 Å². The number of nitrogens with two attached hydrogens (primary N) is 1. The van der Waals surface area contributed by atoms with Crippen LogP contribution in [0, 0.1) is 5.82 Å². The number of rotatable bonds is 6. The van der Waals surface area contributed by atoms with Crippen molar-refractivity contribution in [1.82, 2.24) is 20.0 Å². The van der Waals surface area contributed by atoms with Gasteiger partial charge in [0.1, 0.15) is 17.2 Å². The third kappa shape index (κ3) is 3.47. The zero-order chi connectivity index (χ0) is 21.1. The number of nitrogens with one attached hydrogen (secondary N) is 1. The first kappa shape index (κ1) is 19.5. The van der Waals surface area contributed by atoms with E-state index in [0.717, 1.165) is 16.5 Å². The molecule has 0 saturated carbocycles. The Balaban J connectivity index is 1.79. The Morgan fingerprint density at radius 1 is 1.23 bits per heavy atom. The van der Waals surface area contributed by atoms with Gasteiger partial charge in [-0.05, 0) is 24.3 Å². The molecule has 8 nitrogen and oxygen atoms in total. The number of para-hydroxylation sites is 1. The van der Waals surface area contributed by atoms with Gasteiger partial charge in [-0.1, -0.05) is 36.1 Å². The smallest absolute Gasteiger partial charge is 0.267 e. The summed E-state index contributed by atoms with van der Waals surface area (Å²) in [4.78, 5) is 12.6. The van der Waals surface area contributed by atoms with Crippen molar-refractivity contribution in [2.75, 3.05) is 7.11 Å². The molecule has 0 saturated heterocycles. The SMILES string of the molecule is C=C(N=C(ON)c1nnn(-c2ccccc2F)c1COC)c1cccc2[nH]ccc12. The topological polar surface area (TPSA) is 103 Å². The Morgan fingerprint density at radius 3 is 2.83 bits per heavy atom. The van der Waals surface area contributed by atoms with Crippen molar-refractivity contribution in [3.05, 3.63) is 84.1 Å². The number of hydrogen-bond acceptors (Lipinski definition) is 6. The maximum absolute atomic E-state index is 14.3. The van der Waals surface area contributed by atoms with E-state index >= 15 is 0 Å². The summed E-state index contributed by atoms with van der Waals surface area (Å²) in [5.74, 6) is 5.03. The summed E-state index contributed by atoms with van der Waals surface area (Å²) in [5.41, 5.74) is 3.05. The minimum atomic E-state index is -0.456. The molecule has 0 unspecified atom stereocenters. The predicted molar refractivity (Wildman–Crippen MR) is 111 cm³/mol. The maximum atomic E-state index is 14.3. The molecule has 0 fully saturated rings.